The number of hydrogen-bond donors (Lipinski definition) is 1. The summed E-state index contributed by atoms with van der Waals surface area (Å²) in [6, 6.07) is 5.62. The third-order valence-electron chi connectivity index (χ3n) is 4.23. The molecule has 1 N–H and O–H groups in total. The lowest BCUT2D eigenvalue weighted by atomic mass is 10.1. The van der Waals surface area contributed by atoms with E-state index in [0.29, 0.717) is 18.0 Å². The molecule has 1 fully saturated rings. The van der Waals surface area contributed by atoms with Crippen LogP contribution in [0.15, 0.2) is 18.2 Å². The summed E-state index contributed by atoms with van der Waals surface area (Å²) in [4.78, 5) is 14.5. The highest BCUT2D eigenvalue weighted by molar-refractivity contribution is 5.81. The normalized spacial score (nSPS) is 16.9. The summed E-state index contributed by atoms with van der Waals surface area (Å²) in [5.74, 6) is 1.45. The van der Waals surface area contributed by atoms with Crippen molar-refractivity contribution in [3.8, 4) is 11.5 Å². The highest BCUT2D eigenvalue weighted by Gasteiger charge is 2.22. The molecular formula is C17H26N2O3. The van der Waals surface area contributed by atoms with Gasteiger partial charge in [-0.05, 0) is 50.6 Å². The van der Waals surface area contributed by atoms with Crippen LogP contribution in [0.25, 0.3) is 0 Å². The number of nitrogens with one attached hydrogen (secondary N) is 1. The van der Waals surface area contributed by atoms with Crippen molar-refractivity contribution in [2.75, 3.05) is 27.3 Å². The van der Waals surface area contributed by atoms with Crippen molar-refractivity contribution in [3.63, 3.8) is 0 Å². The predicted molar refractivity (Wildman–Crippen MR) is 86.3 cm³/mol. The molecule has 122 valence electrons. The number of benzene rings is 1. The molecule has 2 rings (SSSR count). The van der Waals surface area contributed by atoms with Crippen LogP contribution in [-0.2, 0) is 11.3 Å². The number of rotatable bonds is 6. The lowest BCUT2D eigenvalue weighted by molar-refractivity contribution is -0.126. The van der Waals surface area contributed by atoms with Gasteiger partial charge >= 0.3 is 0 Å². The number of hydrogen-bond acceptors (Lipinski definition) is 4. The van der Waals surface area contributed by atoms with Gasteiger partial charge in [0, 0.05) is 6.54 Å². The second kappa shape index (κ2) is 8.03. The van der Waals surface area contributed by atoms with Gasteiger partial charge in [-0.1, -0.05) is 12.5 Å². The van der Waals surface area contributed by atoms with Crippen LogP contribution in [0.4, 0.5) is 0 Å². The fourth-order valence-corrected chi connectivity index (χ4v) is 2.80. The zero-order valence-corrected chi connectivity index (χ0v) is 13.7. The topological polar surface area (TPSA) is 50.8 Å². The minimum absolute atomic E-state index is 0.0690. The second-order valence-electron chi connectivity index (χ2n) is 5.68. The van der Waals surface area contributed by atoms with Crippen molar-refractivity contribution in [3.05, 3.63) is 23.8 Å². The van der Waals surface area contributed by atoms with Crippen molar-refractivity contribution in [2.24, 2.45) is 0 Å². The fourth-order valence-electron chi connectivity index (χ4n) is 2.80. The predicted octanol–water partition coefficient (Wildman–Crippen LogP) is 2.19. The minimum Gasteiger partial charge on any atom is -0.493 e. The summed E-state index contributed by atoms with van der Waals surface area (Å²) < 4.78 is 10.5. The Balaban J connectivity index is 1.90. The Morgan fingerprint density at radius 1 is 1.18 bits per heavy atom. The number of carbonyl (C=O) groups excluding carboxylic acids is 1. The molecule has 0 unspecified atom stereocenters. The minimum atomic E-state index is -0.0690. The Hall–Kier alpha value is -1.75. The molecule has 0 spiro atoms. The van der Waals surface area contributed by atoms with Gasteiger partial charge in [0.05, 0.1) is 20.3 Å². The third-order valence-corrected chi connectivity index (χ3v) is 4.23. The zero-order chi connectivity index (χ0) is 15.9. The molecule has 0 aliphatic carbocycles. The van der Waals surface area contributed by atoms with E-state index in [2.05, 4.69) is 10.2 Å². The van der Waals surface area contributed by atoms with E-state index in [0.717, 1.165) is 18.7 Å². The average Bonchev–Trinajstić information content (AvgIpc) is 2.59. The van der Waals surface area contributed by atoms with Crippen molar-refractivity contribution in [1.29, 1.82) is 0 Å². The Labute approximate surface area is 132 Å². The molecule has 5 heteroatoms. The summed E-state index contributed by atoms with van der Waals surface area (Å²) in [5, 5.41) is 3.01. The van der Waals surface area contributed by atoms with Crippen molar-refractivity contribution >= 4 is 5.91 Å². The average molecular weight is 306 g/mol. The Morgan fingerprint density at radius 2 is 1.86 bits per heavy atom. The van der Waals surface area contributed by atoms with Gasteiger partial charge in [-0.2, -0.15) is 0 Å². The first-order valence-electron chi connectivity index (χ1n) is 7.88. The van der Waals surface area contributed by atoms with Gasteiger partial charge in [0.2, 0.25) is 5.91 Å². The maximum absolute atomic E-state index is 12.3. The molecule has 0 bridgehead atoms. The first kappa shape index (κ1) is 16.6. The summed E-state index contributed by atoms with van der Waals surface area (Å²) in [6.45, 7) is 4.52. The lowest BCUT2D eigenvalue weighted by Crippen LogP contribution is -2.46. The molecule has 1 aliphatic heterocycles. The molecule has 0 radical (unpaired) electrons. The Kier molecular flexibility index (Phi) is 6.07. The molecule has 0 aromatic heterocycles. The summed E-state index contributed by atoms with van der Waals surface area (Å²) in [7, 11) is 3.22. The highest BCUT2D eigenvalue weighted by Crippen LogP contribution is 2.27. The molecule has 1 aromatic rings. The van der Waals surface area contributed by atoms with E-state index < -0.39 is 0 Å². The highest BCUT2D eigenvalue weighted by atomic mass is 16.5. The van der Waals surface area contributed by atoms with Gasteiger partial charge in [0.15, 0.2) is 11.5 Å². The molecule has 5 nitrogen and oxygen atoms in total. The first-order valence-corrected chi connectivity index (χ1v) is 7.88. The maximum atomic E-state index is 12.3. The number of nitrogens with zero attached hydrogens (tertiary/aromatic N) is 1. The molecule has 22 heavy (non-hydrogen) atoms. The lowest BCUT2D eigenvalue weighted by Gasteiger charge is -2.31. The smallest absolute Gasteiger partial charge is 0.237 e. The third kappa shape index (κ3) is 4.13. The van der Waals surface area contributed by atoms with Gasteiger partial charge in [-0.3, -0.25) is 9.69 Å². The van der Waals surface area contributed by atoms with Crippen LogP contribution in [0.5, 0.6) is 11.5 Å². The molecule has 1 heterocycles. The van der Waals surface area contributed by atoms with Gasteiger partial charge in [0.25, 0.3) is 0 Å². The van der Waals surface area contributed by atoms with Gasteiger partial charge in [0.1, 0.15) is 0 Å². The van der Waals surface area contributed by atoms with E-state index >= 15 is 0 Å². The number of likely N-dealkylation sites (tertiary alicyclic amines) is 1. The van der Waals surface area contributed by atoms with Gasteiger partial charge in [-0.25, -0.2) is 0 Å². The van der Waals surface area contributed by atoms with Crippen LogP contribution in [0.2, 0.25) is 0 Å². The van der Waals surface area contributed by atoms with Crippen molar-refractivity contribution < 1.29 is 14.3 Å². The fraction of sp³-hybridized carbons (Fsp3) is 0.588. The van der Waals surface area contributed by atoms with Crippen LogP contribution >= 0.6 is 0 Å². The van der Waals surface area contributed by atoms with E-state index in [1.54, 1.807) is 14.2 Å². The second-order valence-corrected chi connectivity index (χ2v) is 5.68. The standard InChI is InChI=1S/C17H26N2O3/c1-13(19-9-5-4-6-10-19)17(20)18-12-14-7-8-15(21-2)16(11-14)22-3/h7-8,11,13H,4-6,9-10,12H2,1-3H3,(H,18,20)/t13-/m1/s1. The molecule has 1 aromatic carbocycles. The molecule has 1 saturated heterocycles. The Morgan fingerprint density at radius 3 is 2.50 bits per heavy atom. The molecule has 0 saturated carbocycles. The SMILES string of the molecule is COc1ccc(CNC(=O)[C@@H](C)N2CCCCC2)cc1OC. The molecule has 1 atom stereocenters. The van der Waals surface area contributed by atoms with Gasteiger partial charge < -0.3 is 14.8 Å². The summed E-state index contributed by atoms with van der Waals surface area (Å²) >= 11 is 0. The van der Waals surface area contributed by atoms with Crippen LogP contribution in [-0.4, -0.2) is 44.2 Å². The van der Waals surface area contributed by atoms with Crippen molar-refractivity contribution in [1.82, 2.24) is 10.2 Å². The number of ether oxygens (including phenoxy) is 2. The van der Waals surface area contributed by atoms with Crippen LogP contribution in [0.3, 0.4) is 0 Å². The number of piperidine rings is 1. The van der Waals surface area contributed by atoms with E-state index in [4.69, 9.17) is 9.47 Å². The largest absolute Gasteiger partial charge is 0.493 e. The monoisotopic (exact) mass is 306 g/mol. The van der Waals surface area contributed by atoms with Crippen LogP contribution < -0.4 is 14.8 Å². The molecule has 1 amide bonds. The van der Waals surface area contributed by atoms with E-state index in [1.807, 2.05) is 25.1 Å². The number of methoxy groups -OCH3 is 2. The quantitative estimate of drug-likeness (QED) is 0.875. The van der Waals surface area contributed by atoms with Crippen LogP contribution in [0.1, 0.15) is 31.7 Å². The number of amides is 1. The van der Waals surface area contributed by atoms with Crippen molar-refractivity contribution in [2.45, 2.75) is 38.8 Å². The van der Waals surface area contributed by atoms with Gasteiger partial charge in [-0.15, -0.1) is 0 Å². The zero-order valence-electron chi connectivity index (χ0n) is 13.7. The Bertz CT molecular complexity index is 499. The van der Waals surface area contributed by atoms with E-state index in [9.17, 15) is 4.79 Å². The molecule has 1 aliphatic rings. The van der Waals surface area contributed by atoms with E-state index in [-0.39, 0.29) is 11.9 Å². The number of carbonyl (C=O) groups is 1. The summed E-state index contributed by atoms with van der Waals surface area (Å²) in [6.07, 6.45) is 3.65. The molecular weight excluding hydrogens is 280 g/mol. The maximum Gasteiger partial charge on any atom is 0.237 e. The summed E-state index contributed by atoms with van der Waals surface area (Å²) in [5.41, 5.74) is 0.997. The van der Waals surface area contributed by atoms with Crippen LogP contribution in [0, 0.1) is 0 Å². The van der Waals surface area contributed by atoms with E-state index in [1.165, 1.54) is 19.3 Å². The first-order chi connectivity index (χ1) is 10.7.